The highest BCUT2D eigenvalue weighted by Crippen LogP contribution is 2.26. The van der Waals surface area contributed by atoms with Crippen LogP contribution in [0, 0.1) is 0 Å². The summed E-state index contributed by atoms with van der Waals surface area (Å²) in [4.78, 5) is 24.2. The number of carbonyl (C=O) groups excluding carboxylic acids is 2. The van der Waals surface area contributed by atoms with Crippen molar-refractivity contribution < 1.29 is 14.0 Å². The van der Waals surface area contributed by atoms with Crippen molar-refractivity contribution in [1.29, 1.82) is 0 Å². The number of nitrogens with zero attached hydrogens (tertiary/aromatic N) is 1. The highest BCUT2D eigenvalue weighted by Gasteiger charge is 2.30. The van der Waals surface area contributed by atoms with Gasteiger partial charge in [0.25, 0.3) is 5.24 Å². The molecule has 1 aromatic carbocycles. The molecule has 2 amide bonds. The zero-order chi connectivity index (χ0) is 14.1. The number of hydrogen-bond donors (Lipinski definition) is 0. The summed E-state index contributed by atoms with van der Waals surface area (Å²) in [5, 5.41) is 0.435. The van der Waals surface area contributed by atoms with Crippen LogP contribution in [0.2, 0.25) is 5.02 Å². The van der Waals surface area contributed by atoms with E-state index in [2.05, 4.69) is 0 Å². The average Bonchev–Trinajstić information content (AvgIpc) is 3.02. The second kappa shape index (κ2) is 5.34. The van der Waals surface area contributed by atoms with E-state index in [4.69, 9.17) is 16.0 Å². The Morgan fingerprint density at radius 3 is 2.55 bits per heavy atom. The third kappa shape index (κ3) is 2.59. The average molecular weight is 308 g/mol. The lowest BCUT2D eigenvalue weighted by molar-refractivity contribution is -0.125. The van der Waals surface area contributed by atoms with Crippen LogP contribution in [-0.2, 0) is 11.3 Å². The van der Waals surface area contributed by atoms with Crippen LogP contribution in [0.15, 0.2) is 40.8 Å². The normalized spacial score (nSPS) is 15.2. The van der Waals surface area contributed by atoms with Crippen LogP contribution >= 0.6 is 23.4 Å². The largest absolute Gasteiger partial charge is 0.459 e. The third-order valence-electron chi connectivity index (χ3n) is 2.94. The van der Waals surface area contributed by atoms with Crippen molar-refractivity contribution in [2.75, 3.05) is 5.75 Å². The van der Waals surface area contributed by atoms with Gasteiger partial charge in [0.1, 0.15) is 11.5 Å². The van der Waals surface area contributed by atoms with Gasteiger partial charge in [0.15, 0.2) is 0 Å². The predicted molar refractivity (Wildman–Crippen MR) is 77.6 cm³/mol. The lowest BCUT2D eigenvalue weighted by atomic mass is 10.2. The van der Waals surface area contributed by atoms with Gasteiger partial charge in [0.05, 0.1) is 12.3 Å². The van der Waals surface area contributed by atoms with Crippen molar-refractivity contribution >= 4 is 34.5 Å². The first-order valence-electron chi connectivity index (χ1n) is 5.95. The van der Waals surface area contributed by atoms with E-state index in [1.165, 1.54) is 4.90 Å². The summed E-state index contributed by atoms with van der Waals surface area (Å²) in [7, 11) is 0. The van der Waals surface area contributed by atoms with Crippen LogP contribution in [0.3, 0.4) is 0 Å². The molecule has 0 spiro atoms. The van der Waals surface area contributed by atoms with E-state index >= 15 is 0 Å². The summed E-state index contributed by atoms with van der Waals surface area (Å²) in [5.74, 6) is 1.30. The topological polar surface area (TPSA) is 50.5 Å². The van der Waals surface area contributed by atoms with Crippen LogP contribution in [0.4, 0.5) is 4.79 Å². The minimum atomic E-state index is -0.223. The molecule has 1 aromatic heterocycles. The maximum absolute atomic E-state index is 11.5. The summed E-state index contributed by atoms with van der Waals surface area (Å²) in [6.07, 6.45) is 0. The molecule has 102 valence electrons. The third-order valence-corrected chi connectivity index (χ3v) is 4.06. The molecule has 1 saturated heterocycles. The van der Waals surface area contributed by atoms with E-state index in [-0.39, 0.29) is 23.4 Å². The molecule has 0 saturated carbocycles. The number of imide groups is 1. The van der Waals surface area contributed by atoms with Crippen molar-refractivity contribution in [1.82, 2.24) is 4.90 Å². The Kier molecular flexibility index (Phi) is 3.54. The molecular weight excluding hydrogens is 298 g/mol. The number of hydrogen-bond acceptors (Lipinski definition) is 4. The van der Waals surface area contributed by atoms with E-state index in [0.717, 1.165) is 17.3 Å². The van der Waals surface area contributed by atoms with Crippen molar-refractivity contribution in [2.24, 2.45) is 0 Å². The summed E-state index contributed by atoms with van der Waals surface area (Å²) < 4.78 is 5.67. The molecule has 1 aliphatic heterocycles. The summed E-state index contributed by atoms with van der Waals surface area (Å²) in [6.45, 7) is 0.179. The van der Waals surface area contributed by atoms with Gasteiger partial charge in [-0.15, -0.1) is 0 Å². The molecule has 3 rings (SSSR count). The number of furan rings is 1. The van der Waals surface area contributed by atoms with Gasteiger partial charge in [-0.25, -0.2) is 0 Å². The van der Waals surface area contributed by atoms with Gasteiger partial charge in [-0.2, -0.15) is 0 Å². The van der Waals surface area contributed by atoms with Crippen LogP contribution < -0.4 is 0 Å². The van der Waals surface area contributed by atoms with Gasteiger partial charge < -0.3 is 4.42 Å². The van der Waals surface area contributed by atoms with Crippen molar-refractivity contribution in [3.8, 4) is 11.3 Å². The molecule has 0 atom stereocenters. The van der Waals surface area contributed by atoms with Crippen molar-refractivity contribution in [3.05, 3.63) is 47.2 Å². The fourth-order valence-electron chi connectivity index (χ4n) is 1.92. The molecule has 2 aromatic rings. The highest BCUT2D eigenvalue weighted by molar-refractivity contribution is 8.14. The SMILES string of the molecule is O=C1CSC(=O)N1Cc1ccc(-c2ccc(Cl)cc2)o1. The molecule has 6 heteroatoms. The van der Waals surface area contributed by atoms with Gasteiger partial charge >= 0.3 is 0 Å². The summed E-state index contributed by atoms with van der Waals surface area (Å²) >= 11 is 6.85. The molecular formula is C14H10ClNO3S. The Morgan fingerprint density at radius 1 is 1.15 bits per heavy atom. The first-order valence-corrected chi connectivity index (χ1v) is 7.31. The quantitative estimate of drug-likeness (QED) is 0.865. The van der Waals surface area contributed by atoms with Gasteiger partial charge in [-0.3, -0.25) is 14.5 Å². The lowest BCUT2D eigenvalue weighted by Crippen LogP contribution is -2.27. The zero-order valence-electron chi connectivity index (χ0n) is 10.3. The molecule has 0 N–H and O–H groups in total. The number of carbonyl (C=O) groups is 2. The number of rotatable bonds is 3. The Labute approximate surface area is 124 Å². The van der Waals surface area contributed by atoms with Crippen LogP contribution in [-0.4, -0.2) is 21.8 Å². The highest BCUT2D eigenvalue weighted by atomic mass is 35.5. The Hall–Kier alpha value is -1.72. The first-order chi connectivity index (χ1) is 9.63. The van der Waals surface area contributed by atoms with Gasteiger partial charge in [0.2, 0.25) is 5.91 Å². The second-order valence-corrected chi connectivity index (χ2v) is 5.67. The predicted octanol–water partition coefficient (Wildman–Crippen LogP) is 3.80. The number of benzene rings is 1. The van der Waals surface area contributed by atoms with E-state index in [1.54, 1.807) is 18.2 Å². The zero-order valence-corrected chi connectivity index (χ0v) is 11.9. The molecule has 4 nitrogen and oxygen atoms in total. The molecule has 0 bridgehead atoms. The van der Waals surface area contributed by atoms with Gasteiger partial charge in [-0.05, 0) is 36.4 Å². The Bertz CT molecular complexity index is 649. The maximum atomic E-state index is 11.5. The van der Waals surface area contributed by atoms with Crippen molar-refractivity contribution in [3.63, 3.8) is 0 Å². The standard InChI is InChI=1S/C14H10ClNO3S/c15-10-3-1-9(2-4-10)12-6-5-11(19-12)7-16-13(17)8-20-14(16)18/h1-6H,7-8H2. The second-order valence-electron chi connectivity index (χ2n) is 4.31. The maximum Gasteiger partial charge on any atom is 0.289 e. The molecule has 0 aliphatic carbocycles. The van der Waals surface area contributed by atoms with E-state index in [9.17, 15) is 9.59 Å². The van der Waals surface area contributed by atoms with Crippen LogP contribution in [0.1, 0.15) is 5.76 Å². The summed E-state index contributed by atoms with van der Waals surface area (Å²) in [6, 6.07) is 10.9. The molecule has 0 radical (unpaired) electrons. The van der Waals surface area contributed by atoms with Gasteiger partial charge in [-0.1, -0.05) is 23.4 Å². The molecule has 1 fully saturated rings. The van der Waals surface area contributed by atoms with Crippen LogP contribution in [0.25, 0.3) is 11.3 Å². The fraction of sp³-hybridized carbons (Fsp3) is 0.143. The van der Waals surface area contributed by atoms with Gasteiger partial charge in [0, 0.05) is 10.6 Å². The van der Waals surface area contributed by atoms with Crippen molar-refractivity contribution in [2.45, 2.75) is 6.54 Å². The number of thioether (sulfide) groups is 1. The lowest BCUT2D eigenvalue weighted by Gasteiger charge is -2.10. The molecule has 2 heterocycles. The fourth-order valence-corrected chi connectivity index (χ4v) is 2.77. The Morgan fingerprint density at radius 2 is 1.90 bits per heavy atom. The molecule has 20 heavy (non-hydrogen) atoms. The molecule has 0 unspecified atom stereocenters. The van der Waals surface area contributed by atoms with E-state index in [1.807, 2.05) is 18.2 Å². The van der Waals surface area contributed by atoms with E-state index in [0.29, 0.717) is 16.5 Å². The minimum absolute atomic E-state index is 0.176. The number of halogens is 1. The molecule has 1 aliphatic rings. The smallest absolute Gasteiger partial charge is 0.289 e. The first kappa shape index (κ1) is 13.3. The van der Waals surface area contributed by atoms with E-state index < -0.39 is 0 Å². The minimum Gasteiger partial charge on any atom is -0.459 e. The Balaban J connectivity index is 1.78. The number of amides is 2. The monoisotopic (exact) mass is 307 g/mol. The summed E-state index contributed by atoms with van der Waals surface area (Å²) in [5.41, 5.74) is 0.897. The van der Waals surface area contributed by atoms with Crippen LogP contribution in [0.5, 0.6) is 0 Å².